The third-order valence-corrected chi connectivity index (χ3v) is 4.30. The van der Waals surface area contributed by atoms with E-state index in [2.05, 4.69) is 5.32 Å². The Bertz CT molecular complexity index is 616. The number of benzene rings is 2. The first-order valence-corrected chi connectivity index (χ1v) is 8.39. The molecule has 2 aromatic carbocycles. The molecule has 120 valence electrons. The minimum Gasteiger partial charge on any atom is -0.494 e. The highest BCUT2D eigenvalue weighted by Gasteiger charge is 2.12. The molecule has 3 nitrogen and oxygen atoms in total. The van der Waals surface area contributed by atoms with Crippen molar-refractivity contribution in [2.75, 3.05) is 13.2 Å². The molecule has 3 rings (SSSR count). The predicted molar refractivity (Wildman–Crippen MR) is 92.1 cm³/mol. The maximum absolute atomic E-state index is 12.3. The van der Waals surface area contributed by atoms with E-state index >= 15 is 0 Å². The number of carbonyl (C=O) groups is 1. The van der Waals surface area contributed by atoms with Crippen molar-refractivity contribution in [1.82, 2.24) is 5.32 Å². The molecule has 0 unspecified atom stereocenters. The normalized spacial score (nSPS) is 17.7. The molecule has 3 heteroatoms. The smallest absolute Gasteiger partial charge is 0.193 e. The van der Waals surface area contributed by atoms with Gasteiger partial charge in [-0.3, -0.25) is 4.79 Å². The molecule has 1 heterocycles. The van der Waals surface area contributed by atoms with Crippen molar-refractivity contribution in [1.29, 1.82) is 0 Å². The van der Waals surface area contributed by atoms with E-state index in [1.807, 2.05) is 54.6 Å². The summed E-state index contributed by atoms with van der Waals surface area (Å²) in [5.41, 5.74) is 1.40. The minimum atomic E-state index is 0.0450. The minimum absolute atomic E-state index is 0.0450. The zero-order chi connectivity index (χ0) is 15.9. The summed E-state index contributed by atoms with van der Waals surface area (Å²) in [5, 5.41) is 3.52. The zero-order valence-electron chi connectivity index (χ0n) is 13.3. The maximum Gasteiger partial charge on any atom is 0.193 e. The van der Waals surface area contributed by atoms with E-state index in [1.54, 1.807) is 0 Å². The van der Waals surface area contributed by atoms with E-state index in [0.717, 1.165) is 18.7 Å². The summed E-state index contributed by atoms with van der Waals surface area (Å²) in [6.45, 7) is 1.84. The monoisotopic (exact) mass is 309 g/mol. The standard InChI is InChI=1S/C20H23NO2/c22-20(16-6-2-1-3-7-16)17-9-11-19(12-10-17)23-15-13-18-8-4-5-14-21-18/h1-3,6-7,9-12,18,21H,4-5,8,13-15H2/t18-/m1/s1. The number of hydrogen-bond donors (Lipinski definition) is 1. The fourth-order valence-electron chi connectivity index (χ4n) is 2.95. The van der Waals surface area contributed by atoms with Gasteiger partial charge in [0.2, 0.25) is 0 Å². The van der Waals surface area contributed by atoms with Crippen molar-refractivity contribution < 1.29 is 9.53 Å². The number of carbonyl (C=O) groups excluding carboxylic acids is 1. The SMILES string of the molecule is O=C(c1ccccc1)c1ccc(OCC[C@H]2CCCCN2)cc1. The molecule has 0 aliphatic carbocycles. The second kappa shape index (κ2) is 7.93. The fourth-order valence-corrected chi connectivity index (χ4v) is 2.95. The fraction of sp³-hybridized carbons (Fsp3) is 0.350. The van der Waals surface area contributed by atoms with Gasteiger partial charge in [0.05, 0.1) is 6.61 Å². The van der Waals surface area contributed by atoms with Crippen molar-refractivity contribution in [2.24, 2.45) is 0 Å². The summed E-state index contributed by atoms with van der Waals surface area (Å²) in [4.78, 5) is 12.3. The summed E-state index contributed by atoms with van der Waals surface area (Å²) >= 11 is 0. The summed E-state index contributed by atoms with van der Waals surface area (Å²) in [6, 6.07) is 17.4. The van der Waals surface area contributed by atoms with E-state index in [1.165, 1.54) is 19.3 Å². The molecule has 0 spiro atoms. The molecular weight excluding hydrogens is 286 g/mol. The van der Waals surface area contributed by atoms with Crippen molar-refractivity contribution >= 4 is 5.78 Å². The van der Waals surface area contributed by atoms with Gasteiger partial charge in [0, 0.05) is 17.2 Å². The van der Waals surface area contributed by atoms with Crippen LogP contribution >= 0.6 is 0 Å². The Hall–Kier alpha value is -2.13. The first-order chi connectivity index (χ1) is 11.3. The average molecular weight is 309 g/mol. The lowest BCUT2D eigenvalue weighted by atomic mass is 10.0. The van der Waals surface area contributed by atoms with E-state index < -0.39 is 0 Å². The van der Waals surface area contributed by atoms with Gasteiger partial charge in [-0.15, -0.1) is 0 Å². The molecule has 23 heavy (non-hydrogen) atoms. The van der Waals surface area contributed by atoms with Crippen molar-refractivity contribution in [3.05, 3.63) is 65.7 Å². The van der Waals surface area contributed by atoms with Gasteiger partial charge < -0.3 is 10.1 Å². The number of hydrogen-bond acceptors (Lipinski definition) is 3. The lowest BCUT2D eigenvalue weighted by Gasteiger charge is -2.23. The number of ketones is 1. The molecular formula is C20H23NO2. The number of nitrogens with one attached hydrogen (secondary N) is 1. The van der Waals surface area contributed by atoms with Crippen LogP contribution < -0.4 is 10.1 Å². The van der Waals surface area contributed by atoms with Crippen LogP contribution in [0.5, 0.6) is 5.75 Å². The van der Waals surface area contributed by atoms with Crippen molar-refractivity contribution in [3.8, 4) is 5.75 Å². The molecule has 0 amide bonds. The lowest BCUT2D eigenvalue weighted by molar-refractivity contribution is 0.103. The summed E-state index contributed by atoms with van der Waals surface area (Å²) in [6.07, 6.45) is 4.88. The molecule has 1 saturated heterocycles. The van der Waals surface area contributed by atoms with Crippen LogP contribution in [0.3, 0.4) is 0 Å². The topological polar surface area (TPSA) is 38.3 Å². The van der Waals surface area contributed by atoms with Crippen LogP contribution in [0, 0.1) is 0 Å². The molecule has 2 aromatic rings. The van der Waals surface area contributed by atoms with Gasteiger partial charge in [0.1, 0.15) is 5.75 Å². The quantitative estimate of drug-likeness (QED) is 0.824. The Kier molecular flexibility index (Phi) is 5.43. The Morgan fingerprint density at radius 3 is 2.43 bits per heavy atom. The molecule has 1 N–H and O–H groups in total. The number of ether oxygens (including phenoxy) is 1. The molecule has 0 bridgehead atoms. The highest BCUT2D eigenvalue weighted by atomic mass is 16.5. The van der Waals surface area contributed by atoms with E-state index in [-0.39, 0.29) is 5.78 Å². The van der Waals surface area contributed by atoms with Crippen LogP contribution in [0.25, 0.3) is 0 Å². The average Bonchev–Trinajstić information content (AvgIpc) is 2.63. The first-order valence-electron chi connectivity index (χ1n) is 8.39. The predicted octanol–water partition coefficient (Wildman–Crippen LogP) is 3.83. The molecule has 0 aromatic heterocycles. The molecule has 1 aliphatic heterocycles. The van der Waals surface area contributed by atoms with Crippen LogP contribution in [-0.2, 0) is 0 Å². The second-order valence-corrected chi connectivity index (χ2v) is 6.00. The van der Waals surface area contributed by atoms with Crippen molar-refractivity contribution in [2.45, 2.75) is 31.7 Å². The Morgan fingerprint density at radius 1 is 1.00 bits per heavy atom. The summed E-state index contributed by atoms with van der Waals surface area (Å²) in [7, 11) is 0. The first kappa shape index (κ1) is 15.8. The van der Waals surface area contributed by atoms with E-state index in [4.69, 9.17) is 4.74 Å². The van der Waals surface area contributed by atoms with Crippen LogP contribution in [-0.4, -0.2) is 25.0 Å². The lowest BCUT2D eigenvalue weighted by Crippen LogP contribution is -2.35. The Balaban J connectivity index is 1.51. The highest BCUT2D eigenvalue weighted by molar-refractivity contribution is 6.08. The third-order valence-electron chi connectivity index (χ3n) is 4.30. The van der Waals surface area contributed by atoms with Gasteiger partial charge in [-0.1, -0.05) is 36.8 Å². The second-order valence-electron chi connectivity index (χ2n) is 6.00. The van der Waals surface area contributed by atoms with Crippen molar-refractivity contribution in [3.63, 3.8) is 0 Å². The number of rotatable bonds is 6. The molecule has 1 aliphatic rings. The Morgan fingerprint density at radius 2 is 1.74 bits per heavy atom. The van der Waals surface area contributed by atoms with Gasteiger partial charge in [0.15, 0.2) is 5.78 Å². The maximum atomic E-state index is 12.3. The highest BCUT2D eigenvalue weighted by Crippen LogP contribution is 2.17. The number of piperidine rings is 1. The van der Waals surface area contributed by atoms with Gasteiger partial charge >= 0.3 is 0 Å². The van der Waals surface area contributed by atoms with Gasteiger partial charge in [-0.05, 0) is 50.1 Å². The van der Waals surface area contributed by atoms with Crippen LogP contribution in [0.4, 0.5) is 0 Å². The van der Waals surface area contributed by atoms with Gasteiger partial charge in [-0.2, -0.15) is 0 Å². The van der Waals surface area contributed by atoms with Gasteiger partial charge in [0.25, 0.3) is 0 Å². The van der Waals surface area contributed by atoms with Gasteiger partial charge in [-0.25, -0.2) is 0 Å². The summed E-state index contributed by atoms with van der Waals surface area (Å²) < 4.78 is 5.80. The van der Waals surface area contributed by atoms with E-state index in [0.29, 0.717) is 23.8 Å². The van der Waals surface area contributed by atoms with E-state index in [9.17, 15) is 4.79 Å². The van der Waals surface area contributed by atoms with Crippen LogP contribution in [0.15, 0.2) is 54.6 Å². The Labute approximate surface area is 137 Å². The van der Waals surface area contributed by atoms with Crippen LogP contribution in [0.2, 0.25) is 0 Å². The largest absolute Gasteiger partial charge is 0.494 e. The summed E-state index contributed by atoms with van der Waals surface area (Å²) in [5.74, 6) is 0.869. The van der Waals surface area contributed by atoms with Crippen LogP contribution in [0.1, 0.15) is 41.6 Å². The third kappa shape index (κ3) is 4.42. The molecule has 1 fully saturated rings. The molecule has 0 radical (unpaired) electrons. The zero-order valence-corrected chi connectivity index (χ0v) is 13.3. The molecule has 1 atom stereocenters. The molecule has 0 saturated carbocycles.